The first kappa shape index (κ1) is 7.53. The van der Waals surface area contributed by atoms with E-state index in [1.807, 2.05) is 0 Å². The molecule has 2 fully saturated rings. The van der Waals surface area contributed by atoms with Crippen LogP contribution >= 0.6 is 0 Å². The molecule has 0 radical (unpaired) electrons. The molecule has 1 aliphatic heterocycles. The third kappa shape index (κ3) is 1.08. The molecule has 2 atom stereocenters. The van der Waals surface area contributed by atoms with Crippen molar-refractivity contribution in [2.45, 2.75) is 32.4 Å². The van der Waals surface area contributed by atoms with Crippen LogP contribution < -0.4 is 5.32 Å². The second-order valence-corrected chi connectivity index (χ2v) is 4.61. The van der Waals surface area contributed by atoms with Crippen LogP contribution in [0.4, 0.5) is 4.39 Å². The van der Waals surface area contributed by atoms with Crippen molar-refractivity contribution in [3.63, 3.8) is 0 Å². The Balaban J connectivity index is 2.03. The smallest absolute Gasteiger partial charge is 0.108 e. The molecule has 2 heteroatoms. The Bertz CT molecular complexity index is 165. The van der Waals surface area contributed by atoms with Gasteiger partial charge in [-0.1, -0.05) is 0 Å². The van der Waals surface area contributed by atoms with Crippen molar-refractivity contribution in [3.05, 3.63) is 0 Å². The summed E-state index contributed by atoms with van der Waals surface area (Å²) in [5, 5.41) is 3.31. The lowest BCUT2D eigenvalue weighted by molar-refractivity contribution is 0.159. The molecule has 2 rings (SSSR count). The van der Waals surface area contributed by atoms with Gasteiger partial charge in [0.1, 0.15) is 5.67 Å². The molecule has 1 saturated carbocycles. The summed E-state index contributed by atoms with van der Waals surface area (Å²) in [6.45, 7) is 5.56. The van der Waals surface area contributed by atoms with E-state index in [0.29, 0.717) is 11.3 Å². The zero-order valence-electron chi connectivity index (χ0n) is 7.28. The Morgan fingerprint density at radius 1 is 1.55 bits per heavy atom. The van der Waals surface area contributed by atoms with Crippen molar-refractivity contribution in [3.8, 4) is 0 Å². The number of alkyl halides is 1. The summed E-state index contributed by atoms with van der Waals surface area (Å²) in [6.07, 6.45) is 2.29. The summed E-state index contributed by atoms with van der Waals surface area (Å²) >= 11 is 0. The van der Waals surface area contributed by atoms with E-state index in [2.05, 4.69) is 5.32 Å². The van der Waals surface area contributed by atoms with Gasteiger partial charge < -0.3 is 5.32 Å². The molecule has 2 aliphatic rings. The van der Waals surface area contributed by atoms with Gasteiger partial charge in [-0.15, -0.1) is 0 Å². The molecule has 64 valence electrons. The summed E-state index contributed by atoms with van der Waals surface area (Å²) in [7, 11) is 0. The molecule has 1 N–H and O–H groups in total. The highest BCUT2D eigenvalue weighted by Gasteiger charge is 2.61. The van der Waals surface area contributed by atoms with Crippen LogP contribution in [-0.4, -0.2) is 18.8 Å². The first-order valence-corrected chi connectivity index (χ1v) is 4.44. The van der Waals surface area contributed by atoms with Crippen LogP contribution in [0.1, 0.15) is 26.7 Å². The second kappa shape index (κ2) is 1.98. The number of halogens is 1. The molecule has 2 unspecified atom stereocenters. The zero-order valence-corrected chi connectivity index (χ0v) is 7.28. The molecular formula is C9H16FN. The first-order chi connectivity index (χ1) is 5.05. The fourth-order valence-electron chi connectivity index (χ4n) is 2.55. The van der Waals surface area contributed by atoms with E-state index in [9.17, 15) is 4.39 Å². The average molecular weight is 157 g/mol. The Labute approximate surface area is 67.4 Å². The van der Waals surface area contributed by atoms with Crippen LogP contribution in [-0.2, 0) is 0 Å². The van der Waals surface area contributed by atoms with Gasteiger partial charge in [0.2, 0.25) is 0 Å². The van der Waals surface area contributed by atoms with Gasteiger partial charge in [-0.05, 0) is 44.6 Å². The monoisotopic (exact) mass is 157 g/mol. The van der Waals surface area contributed by atoms with Gasteiger partial charge in [0.05, 0.1) is 0 Å². The lowest BCUT2D eigenvalue weighted by Gasteiger charge is -2.17. The van der Waals surface area contributed by atoms with Crippen LogP contribution in [0.2, 0.25) is 0 Å². The highest BCUT2D eigenvalue weighted by molar-refractivity contribution is 5.12. The molecular weight excluding hydrogens is 141 g/mol. The Morgan fingerprint density at radius 2 is 2.27 bits per heavy atom. The molecule has 0 bridgehead atoms. The molecule has 1 heterocycles. The molecule has 1 aliphatic carbocycles. The minimum Gasteiger partial charge on any atom is -0.316 e. The predicted octanol–water partition coefficient (Wildman–Crippen LogP) is 1.73. The van der Waals surface area contributed by atoms with E-state index in [0.717, 1.165) is 19.5 Å². The molecule has 0 aromatic carbocycles. The standard InChI is InChI=1S/C9H16FN/c1-8(2,10)7-5-9(7)3-4-11-6-9/h7,11H,3-6H2,1-2H3. The van der Waals surface area contributed by atoms with Crippen molar-refractivity contribution in [2.24, 2.45) is 11.3 Å². The second-order valence-electron chi connectivity index (χ2n) is 4.61. The Kier molecular flexibility index (Phi) is 1.35. The first-order valence-electron chi connectivity index (χ1n) is 4.44. The molecule has 11 heavy (non-hydrogen) atoms. The van der Waals surface area contributed by atoms with Crippen LogP contribution in [0, 0.1) is 11.3 Å². The number of rotatable bonds is 1. The third-order valence-electron chi connectivity index (χ3n) is 3.30. The molecule has 1 spiro atoms. The summed E-state index contributed by atoms with van der Waals surface area (Å²) in [4.78, 5) is 0. The fraction of sp³-hybridized carbons (Fsp3) is 1.00. The minimum atomic E-state index is -0.952. The fourth-order valence-corrected chi connectivity index (χ4v) is 2.55. The van der Waals surface area contributed by atoms with Crippen molar-refractivity contribution in [1.29, 1.82) is 0 Å². The highest BCUT2D eigenvalue weighted by atomic mass is 19.1. The van der Waals surface area contributed by atoms with Gasteiger partial charge in [0.15, 0.2) is 0 Å². The van der Waals surface area contributed by atoms with Gasteiger partial charge in [0.25, 0.3) is 0 Å². The van der Waals surface area contributed by atoms with Gasteiger partial charge in [-0.3, -0.25) is 0 Å². The maximum Gasteiger partial charge on any atom is 0.108 e. The number of hydrogen-bond donors (Lipinski definition) is 1. The van der Waals surface area contributed by atoms with Crippen molar-refractivity contribution in [2.75, 3.05) is 13.1 Å². The van der Waals surface area contributed by atoms with Crippen molar-refractivity contribution in [1.82, 2.24) is 5.32 Å². The topological polar surface area (TPSA) is 12.0 Å². The molecule has 0 amide bonds. The largest absolute Gasteiger partial charge is 0.316 e. The maximum absolute atomic E-state index is 13.4. The summed E-state index contributed by atoms with van der Waals surface area (Å²) < 4.78 is 13.4. The van der Waals surface area contributed by atoms with E-state index in [-0.39, 0.29) is 0 Å². The summed E-state index contributed by atoms with van der Waals surface area (Å²) in [6, 6.07) is 0. The number of hydrogen-bond acceptors (Lipinski definition) is 1. The molecule has 0 aromatic rings. The van der Waals surface area contributed by atoms with Gasteiger partial charge >= 0.3 is 0 Å². The van der Waals surface area contributed by atoms with Crippen LogP contribution in [0.3, 0.4) is 0 Å². The normalized spacial score (nSPS) is 43.4. The van der Waals surface area contributed by atoms with Gasteiger partial charge in [-0.2, -0.15) is 0 Å². The predicted molar refractivity (Wildman–Crippen MR) is 43.2 cm³/mol. The van der Waals surface area contributed by atoms with Gasteiger partial charge in [-0.25, -0.2) is 4.39 Å². The Hall–Kier alpha value is -0.110. The molecule has 0 aromatic heterocycles. The van der Waals surface area contributed by atoms with Crippen molar-refractivity contribution >= 4 is 0 Å². The lowest BCUT2D eigenvalue weighted by atomic mass is 9.94. The zero-order chi connectivity index (χ0) is 8.11. The van der Waals surface area contributed by atoms with Gasteiger partial charge in [0, 0.05) is 6.54 Å². The SMILES string of the molecule is CC(C)(F)C1CC12CCNC2. The van der Waals surface area contributed by atoms with E-state index in [1.165, 1.54) is 6.42 Å². The van der Waals surface area contributed by atoms with E-state index < -0.39 is 5.67 Å². The van der Waals surface area contributed by atoms with Crippen LogP contribution in [0.15, 0.2) is 0 Å². The van der Waals surface area contributed by atoms with E-state index in [4.69, 9.17) is 0 Å². The maximum atomic E-state index is 13.4. The quantitative estimate of drug-likeness (QED) is 0.611. The van der Waals surface area contributed by atoms with Crippen molar-refractivity contribution < 1.29 is 4.39 Å². The van der Waals surface area contributed by atoms with E-state index >= 15 is 0 Å². The summed E-state index contributed by atoms with van der Waals surface area (Å²) in [5.74, 6) is 0.324. The lowest BCUT2D eigenvalue weighted by Crippen LogP contribution is -2.22. The number of nitrogens with one attached hydrogen (secondary N) is 1. The third-order valence-corrected chi connectivity index (χ3v) is 3.30. The van der Waals surface area contributed by atoms with E-state index in [1.54, 1.807) is 13.8 Å². The van der Waals surface area contributed by atoms with Crippen LogP contribution in [0.25, 0.3) is 0 Å². The molecule has 1 nitrogen and oxygen atoms in total. The highest BCUT2D eigenvalue weighted by Crippen LogP contribution is 2.61. The Morgan fingerprint density at radius 3 is 2.64 bits per heavy atom. The minimum absolute atomic E-state index is 0.324. The van der Waals surface area contributed by atoms with Crippen LogP contribution in [0.5, 0.6) is 0 Å². The molecule has 1 saturated heterocycles. The average Bonchev–Trinajstić information content (AvgIpc) is 2.31. The summed E-state index contributed by atoms with van der Waals surface area (Å²) in [5.41, 5.74) is -0.593.